The zero-order valence-corrected chi connectivity index (χ0v) is 7.29. The first-order valence-corrected chi connectivity index (χ1v) is 4.02. The normalized spacial score (nSPS) is 20.9. The summed E-state index contributed by atoms with van der Waals surface area (Å²) in [7, 11) is 0. The minimum Gasteiger partial charge on any atom is -0.478 e. The third-order valence-corrected chi connectivity index (χ3v) is 1.81. The Hall–Kier alpha value is -1.91. The summed E-state index contributed by atoms with van der Waals surface area (Å²) in [6.07, 6.45) is 7.40. The largest absolute Gasteiger partial charge is 0.478 e. The molecule has 0 radical (unpaired) electrons. The average Bonchev–Trinajstić information content (AvgIpc) is 2.15. The molecule has 1 rings (SSSR count). The van der Waals surface area contributed by atoms with Gasteiger partial charge in [-0.15, -0.1) is 0 Å². The minimum absolute atomic E-state index is 0.104. The van der Waals surface area contributed by atoms with Crippen molar-refractivity contribution in [3.63, 3.8) is 0 Å². The van der Waals surface area contributed by atoms with Crippen LogP contribution >= 0.6 is 0 Å². The first-order valence-electron chi connectivity index (χ1n) is 4.02. The highest BCUT2D eigenvalue weighted by molar-refractivity contribution is 5.79. The summed E-state index contributed by atoms with van der Waals surface area (Å²) in [5, 5.41) is 18.8. The van der Waals surface area contributed by atoms with Crippen LogP contribution in [0.15, 0.2) is 36.1 Å². The Bertz CT molecular complexity index is 341. The lowest BCUT2D eigenvalue weighted by Crippen LogP contribution is -2.07. The van der Waals surface area contributed by atoms with Gasteiger partial charge in [0.1, 0.15) is 0 Å². The van der Waals surface area contributed by atoms with Gasteiger partial charge in [-0.1, -0.05) is 18.2 Å². The molecule has 14 heavy (non-hydrogen) atoms. The van der Waals surface area contributed by atoms with Crippen molar-refractivity contribution in [2.75, 3.05) is 0 Å². The molecule has 5 nitrogen and oxygen atoms in total. The standard InChI is InChI=1S/C9H9NO4/c11-9(12)5-4-7-2-1-3-8(6-7)10(13)14/h1-5,7H,6H2,(H,11,12). The van der Waals surface area contributed by atoms with Gasteiger partial charge >= 0.3 is 5.97 Å². The van der Waals surface area contributed by atoms with Crippen molar-refractivity contribution < 1.29 is 14.8 Å². The van der Waals surface area contributed by atoms with Crippen molar-refractivity contribution in [2.45, 2.75) is 6.42 Å². The topological polar surface area (TPSA) is 80.4 Å². The zero-order chi connectivity index (χ0) is 10.6. The molecular formula is C9H9NO4. The van der Waals surface area contributed by atoms with E-state index in [0.717, 1.165) is 6.08 Å². The fourth-order valence-electron chi connectivity index (χ4n) is 1.16. The first kappa shape index (κ1) is 10.2. The molecule has 0 saturated heterocycles. The van der Waals surface area contributed by atoms with Crippen molar-refractivity contribution in [1.29, 1.82) is 0 Å². The molecule has 1 aliphatic rings. The van der Waals surface area contributed by atoms with E-state index >= 15 is 0 Å². The Labute approximate surface area is 80.2 Å². The third kappa shape index (κ3) is 2.85. The van der Waals surface area contributed by atoms with Gasteiger partial charge in [0.05, 0.1) is 4.92 Å². The SMILES string of the molecule is O=C(O)C=CC1C=CC=C([N+](=O)[O-])C1. The van der Waals surface area contributed by atoms with Gasteiger partial charge in [-0.3, -0.25) is 10.1 Å². The molecule has 1 N–H and O–H groups in total. The highest BCUT2D eigenvalue weighted by Gasteiger charge is 2.17. The number of nitro groups is 1. The molecule has 0 aromatic carbocycles. The Morgan fingerprint density at radius 2 is 2.43 bits per heavy atom. The Morgan fingerprint density at radius 1 is 1.71 bits per heavy atom. The lowest BCUT2D eigenvalue weighted by molar-refractivity contribution is -0.428. The maximum absolute atomic E-state index is 10.4. The van der Waals surface area contributed by atoms with E-state index < -0.39 is 10.9 Å². The summed E-state index contributed by atoms with van der Waals surface area (Å²) >= 11 is 0. The van der Waals surface area contributed by atoms with E-state index in [1.54, 1.807) is 12.2 Å². The Balaban J connectivity index is 2.63. The molecule has 0 bridgehead atoms. The highest BCUT2D eigenvalue weighted by atomic mass is 16.6. The average molecular weight is 195 g/mol. The number of carboxylic acid groups (broad SMARTS) is 1. The number of rotatable bonds is 3. The van der Waals surface area contributed by atoms with Crippen LogP contribution in [0.5, 0.6) is 0 Å². The van der Waals surface area contributed by atoms with Crippen molar-refractivity contribution in [2.24, 2.45) is 5.92 Å². The van der Waals surface area contributed by atoms with Crippen LogP contribution in [0.1, 0.15) is 6.42 Å². The smallest absolute Gasteiger partial charge is 0.327 e. The molecule has 5 heteroatoms. The van der Waals surface area contributed by atoms with Crippen LogP contribution < -0.4 is 0 Å². The van der Waals surface area contributed by atoms with Gasteiger partial charge in [-0.25, -0.2) is 4.79 Å². The monoisotopic (exact) mass is 195 g/mol. The van der Waals surface area contributed by atoms with Gasteiger partial charge in [0.25, 0.3) is 0 Å². The van der Waals surface area contributed by atoms with Crippen LogP contribution in [-0.4, -0.2) is 16.0 Å². The number of carbonyl (C=O) groups is 1. The van der Waals surface area contributed by atoms with Crippen LogP contribution in [0.3, 0.4) is 0 Å². The molecule has 0 aromatic heterocycles. The molecule has 0 spiro atoms. The summed E-state index contributed by atoms with van der Waals surface area (Å²) in [5.41, 5.74) is 0.104. The van der Waals surface area contributed by atoms with Gasteiger partial charge < -0.3 is 5.11 Å². The highest BCUT2D eigenvalue weighted by Crippen LogP contribution is 2.19. The fourth-order valence-corrected chi connectivity index (χ4v) is 1.16. The van der Waals surface area contributed by atoms with Crippen LogP contribution in [0.4, 0.5) is 0 Å². The fraction of sp³-hybridized carbons (Fsp3) is 0.222. The minimum atomic E-state index is -1.05. The molecule has 0 aliphatic heterocycles. The first-order chi connectivity index (χ1) is 6.59. The molecular weight excluding hydrogens is 186 g/mol. The van der Waals surface area contributed by atoms with E-state index in [-0.39, 0.29) is 18.0 Å². The predicted molar refractivity (Wildman–Crippen MR) is 49.1 cm³/mol. The van der Waals surface area contributed by atoms with E-state index in [0.29, 0.717) is 0 Å². The molecule has 1 unspecified atom stereocenters. The van der Waals surface area contributed by atoms with Crippen molar-refractivity contribution >= 4 is 5.97 Å². The van der Waals surface area contributed by atoms with Crippen molar-refractivity contribution in [3.8, 4) is 0 Å². The number of hydrogen-bond donors (Lipinski definition) is 1. The lowest BCUT2D eigenvalue weighted by Gasteiger charge is -2.08. The predicted octanol–water partition coefficient (Wildman–Crippen LogP) is 1.36. The van der Waals surface area contributed by atoms with Gasteiger partial charge in [0.15, 0.2) is 0 Å². The van der Waals surface area contributed by atoms with Crippen molar-refractivity contribution in [3.05, 3.63) is 46.2 Å². The summed E-state index contributed by atoms with van der Waals surface area (Å²) in [4.78, 5) is 20.1. The van der Waals surface area contributed by atoms with Gasteiger partial charge in [0, 0.05) is 24.5 Å². The van der Waals surface area contributed by atoms with Crippen molar-refractivity contribution in [1.82, 2.24) is 0 Å². The molecule has 0 aromatic rings. The van der Waals surface area contributed by atoms with Crippen LogP contribution in [0, 0.1) is 16.0 Å². The zero-order valence-electron chi connectivity index (χ0n) is 7.29. The Kier molecular flexibility index (Phi) is 3.17. The maximum Gasteiger partial charge on any atom is 0.327 e. The number of allylic oxidation sites excluding steroid dienone is 5. The Morgan fingerprint density at radius 3 is 3.00 bits per heavy atom. The molecule has 1 atom stereocenters. The lowest BCUT2D eigenvalue weighted by atomic mass is 9.98. The second kappa shape index (κ2) is 4.36. The maximum atomic E-state index is 10.4. The number of nitrogens with zero attached hydrogens (tertiary/aromatic N) is 1. The van der Waals surface area contributed by atoms with Crippen LogP contribution in [0.2, 0.25) is 0 Å². The summed E-state index contributed by atoms with van der Waals surface area (Å²) in [6, 6.07) is 0. The quantitative estimate of drug-likeness (QED) is 0.419. The second-order valence-corrected chi connectivity index (χ2v) is 2.87. The van der Waals surface area contributed by atoms with Crippen LogP contribution in [0.25, 0.3) is 0 Å². The number of carboxylic acids is 1. The molecule has 74 valence electrons. The third-order valence-electron chi connectivity index (χ3n) is 1.81. The molecule has 0 heterocycles. The number of hydrogen-bond acceptors (Lipinski definition) is 3. The van der Waals surface area contributed by atoms with Gasteiger partial charge in [0.2, 0.25) is 5.70 Å². The van der Waals surface area contributed by atoms with E-state index in [1.807, 2.05) is 0 Å². The van der Waals surface area contributed by atoms with E-state index in [9.17, 15) is 14.9 Å². The molecule has 0 fully saturated rings. The summed E-state index contributed by atoms with van der Waals surface area (Å²) in [5.74, 6) is -1.24. The molecule has 0 saturated carbocycles. The number of aliphatic carboxylic acids is 1. The molecule has 0 amide bonds. The van der Waals surface area contributed by atoms with E-state index in [2.05, 4.69) is 0 Å². The van der Waals surface area contributed by atoms with Gasteiger partial charge in [-0.2, -0.15) is 0 Å². The van der Waals surface area contributed by atoms with E-state index in [1.165, 1.54) is 12.2 Å². The van der Waals surface area contributed by atoms with E-state index in [4.69, 9.17) is 5.11 Å². The summed E-state index contributed by atoms with van der Waals surface area (Å²) < 4.78 is 0. The molecule has 1 aliphatic carbocycles. The van der Waals surface area contributed by atoms with Gasteiger partial charge in [-0.05, 0) is 0 Å². The van der Waals surface area contributed by atoms with Crippen LogP contribution in [-0.2, 0) is 4.79 Å². The second-order valence-electron chi connectivity index (χ2n) is 2.87. The summed E-state index contributed by atoms with van der Waals surface area (Å²) in [6.45, 7) is 0.